The number of likely N-dealkylation sites (tertiary alicyclic amines) is 1. The third-order valence-corrected chi connectivity index (χ3v) is 5.03. The molecule has 0 bridgehead atoms. The number of hydrogen-bond acceptors (Lipinski definition) is 4. The Morgan fingerprint density at radius 3 is 3.05 bits per heavy atom. The Hall–Kier alpha value is -1.59. The van der Waals surface area contributed by atoms with E-state index < -0.39 is 0 Å². The van der Waals surface area contributed by atoms with Crippen molar-refractivity contribution in [3.63, 3.8) is 0 Å². The zero-order valence-corrected chi connectivity index (χ0v) is 11.9. The van der Waals surface area contributed by atoms with Crippen molar-refractivity contribution in [2.24, 2.45) is 0 Å². The second kappa shape index (κ2) is 4.75. The van der Waals surface area contributed by atoms with Crippen LogP contribution < -0.4 is 4.90 Å². The molecule has 0 radical (unpaired) electrons. The average molecular weight is 288 g/mol. The average Bonchev–Trinajstić information content (AvgIpc) is 3.16. The summed E-state index contributed by atoms with van der Waals surface area (Å²) in [6, 6.07) is 4.73. The molecule has 2 aromatic heterocycles. The number of carbonyl (C=O) groups is 1. The largest absolute Gasteiger partial charge is 0.472 e. The minimum absolute atomic E-state index is 0.260. The Balaban J connectivity index is 1.55. The zero-order chi connectivity index (χ0) is 13.5. The smallest absolute Gasteiger partial charge is 0.228 e. The summed E-state index contributed by atoms with van der Waals surface area (Å²) in [5.41, 5.74) is 2.25. The molecule has 4 rings (SSSR count). The Morgan fingerprint density at radius 2 is 2.30 bits per heavy atom. The van der Waals surface area contributed by atoms with Crippen molar-refractivity contribution in [3.8, 4) is 0 Å². The molecule has 0 aliphatic carbocycles. The second-order valence-electron chi connectivity index (χ2n) is 5.47. The van der Waals surface area contributed by atoms with Gasteiger partial charge >= 0.3 is 0 Å². The number of nitrogens with zero attached hydrogens (tertiary/aromatic N) is 2. The third kappa shape index (κ3) is 1.89. The quantitative estimate of drug-likeness (QED) is 0.871. The van der Waals surface area contributed by atoms with Gasteiger partial charge in [0.05, 0.1) is 24.3 Å². The molecule has 2 aliphatic rings. The van der Waals surface area contributed by atoms with E-state index in [0.717, 1.165) is 25.2 Å². The molecule has 0 saturated carbocycles. The first-order valence-corrected chi connectivity index (χ1v) is 7.86. The summed E-state index contributed by atoms with van der Waals surface area (Å²) in [5.74, 6) is 0.260. The standard InChI is InChI=1S/C15H16N2O2S/c18-15-7-14-13(17(15)12-3-6-20-10-12)1-4-16(14)8-11-2-5-19-9-11/h2-3,5-6,9-10,13-14H,1,4,7-8H2/t13-,14+/m0/s1. The maximum absolute atomic E-state index is 12.3. The highest BCUT2D eigenvalue weighted by atomic mass is 32.1. The molecule has 0 aromatic carbocycles. The monoisotopic (exact) mass is 288 g/mol. The summed E-state index contributed by atoms with van der Waals surface area (Å²) in [6.45, 7) is 1.93. The first kappa shape index (κ1) is 12.2. The summed E-state index contributed by atoms with van der Waals surface area (Å²) in [6.07, 6.45) is 5.20. The summed E-state index contributed by atoms with van der Waals surface area (Å²) < 4.78 is 5.13. The van der Waals surface area contributed by atoms with Crippen molar-refractivity contribution in [1.29, 1.82) is 0 Å². The first-order valence-electron chi connectivity index (χ1n) is 6.92. The van der Waals surface area contributed by atoms with Crippen LogP contribution in [0.25, 0.3) is 0 Å². The van der Waals surface area contributed by atoms with E-state index in [1.807, 2.05) is 22.4 Å². The van der Waals surface area contributed by atoms with E-state index in [-0.39, 0.29) is 5.91 Å². The lowest BCUT2D eigenvalue weighted by atomic mass is 10.1. The van der Waals surface area contributed by atoms with Crippen molar-refractivity contribution < 1.29 is 9.21 Å². The van der Waals surface area contributed by atoms with E-state index in [9.17, 15) is 4.79 Å². The first-order chi connectivity index (χ1) is 9.83. The zero-order valence-electron chi connectivity index (χ0n) is 11.1. The number of furan rings is 1. The minimum Gasteiger partial charge on any atom is -0.472 e. The van der Waals surface area contributed by atoms with Crippen LogP contribution in [-0.2, 0) is 11.3 Å². The maximum Gasteiger partial charge on any atom is 0.228 e. The lowest BCUT2D eigenvalue weighted by molar-refractivity contribution is -0.117. The fourth-order valence-corrected chi connectivity index (χ4v) is 4.10. The molecule has 20 heavy (non-hydrogen) atoms. The minimum atomic E-state index is 0.260. The maximum atomic E-state index is 12.3. The van der Waals surface area contributed by atoms with Gasteiger partial charge in [0.15, 0.2) is 0 Å². The van der Waals surface area contributed by atoms with Crippen molar-refractivity contribution in [3.05, 3.63) is 41.0 Å². The number of hydrogen-bond donors (Lipinski definition) is 0. The third-order valence-electron chi connectivity index (χ3n) is 4.36. The highest BCUT2D eigenvalue weighted by molar-refractivity contribution is 7.08. The number of amides is 1. The Labute approximate surface area is 121 Å². The molecule has 0 N–H and O–H groups in total. The normalized spacial score (nSPS) is 26.4. The van der Waals surface area contributed by atoms with Gasteiger partial charge in [0.1, 0.15) is 0 Å². The molecule has 104 valence electrons. The molecule has 0 spiro atoms. The van der Waals surface area contributed by atoms with Crippen LogP contribution in [0.4, 0.5) is 5.69 Å². The van der Waals surface area contributed by atoms with Gasteiger partial charge in [-0.1, -0.05) is 0 Å². The number of fused-ring (bicyclic) bond motifs is 1. The molecule has 1 amide bonds. The van der Waals surface area contributed by atoms with Gasteiger partial charge in [0, 0.05) is 36.5 Å². The van der Waals surface area contributed by atoms with Crippen LogP contribution in [0.15, 0.2) is 39.8 Å². The Morgan fingerprint density at radius 1 is 1.35 bits per heavy atom. The van der Waals surface area contributed by atoms with E-state index >= 15 is 0 Å². The summed E-state index contributed by atoms with van der Waals surface area (Å²) in [4.78, 5) is 16.7. The van der Waals surface area contributed by atoms with Gasteiger partial charge in [-0.3, -0.25) is 9.69 Å². The Bertz CT molecular complexity index is 593. The summed E-state index contributed by atoms with van der Waals surface area (Å²) in [5, 5.41) is 4.10. The van der Waals surface area contributed by atoms with Crippen molar-refractivity contribution in [2.45, 2.75) is 31.5 Å². The van der Waals surface area contributed by atoms with Gasteiger partial charge in [0.2, 0.25) is 5.91 Å². The van der Waals surface area contributed by atoms with E-state index in [1.165, 1.54) is 5.56 Å². The molecule has 4 nitrogen and oxygen atoms in total. The summed E-state index contributed by atoms with van der Waals surface area (Å²) >= 11 is 1.65. The molecular weight excluding hydrogens is 272 g/mol. The van der Waals surface area contributed by atoms with Gasteiger partial charge in [-0.25, -0.2) is 0 Å². The number of rotatable bonds is 3. The van der Waals surface area contributed by atoms with Crippen LogP contribution in [0.5, 0.6) is 0 Å². The van der Waals surface area contributed by atoms with E-state index in [2.05, 4.69) is 10.3 Å². The van der Waals surface area contributed by atoms with Gasteiger partial charge in [-0.05, 0) is 23.9 Å². The highest BCUT2D eigenvalue weighted by Gasteiger charge is 2.47. The molecule has 4 heterocycles. The fourth-order valence-electron chi connectivity index (χ4n) is 3.47. The highest BCUT2D eigenvalue weighted by Crippen LogP contribution is 2.37. The van der Waals surface area contributed by atoms with Crippen LogP contribution in [-0.4, -0.2) is 29.4 Å². The van der Waals surface area contributed by atoms with Crippen LogP contribution in [0.3, 0.4) is 0 Å². The molecule has 2 atom stereocenters. The van der Waals surface area contributed by atoms with Gasteiger partial charge in [-0.2, -0.15) is 11.3 Å². The van der Waals surface area contributed by atoms with Crippen LogP contribution in [0.2, 0.25) is 0 Å². The molecule has 2 saturated heterocycles. The van der Waals surface area contributed by atoms with Gasteiger partial charge < -0.3 is 9.32 Å². The van der Waals surface area contributed by atoms with E-state index in [0.29, 0.717) is 18.5 Å². The molecule has 2 fully saturated rings. The van der Waals surface area contributed by atoms with Crippen molar-refractivity contribution >= 4 is 22.9 Å². The number of thiophene rings is 1. The Kier molecular flexibility index (Phi) is 2.89. The van der Waals surface area contributed by atoms with Crippen molar-refractivity contribution in [1.82, 2.24) is 4.90 Å². The second-order valence-corrected chi connectivity index (χ2v) is 6.25. The SMILES string of the molecule is O=C1C[C@@H]2[C@H](CCN2Cc2ccoc2)N1c1ccsc1. The molecule has 2 aliphatic heterocycles. The van der Waals surface area contributed by atoms with Crippen LogP contribution in [0.1, 0.15) is 18.4 Å². The molecule has 2 aromatic rings. The number of carbonyl (C=O) groups excluding carboxylic acids is 1. The van der Waals surface area contributed by atoms with Crippen LogP contribution >= 0.6 is 11.3 Å². The van der Waals surface area contributed by atoms with Crippen LogP contribution in [0, 0.1) is 0 Å². The summed E-state index contributed by atoms with van der Waals surface area (Å²) in [7, 11) is 0. The van der Waals surface area contributed by atoms with Gasteiger partial charge in [0.25, 0.3) is 0 Å². The van der Waals surface area contributed by atoms with E-state index in [4.69, 9.17) is 4.42 Å². The van der Waals surface area contributed by atoms with Crippen molar-refractivity contribution in [2.75, 3.05) is 11.4 Å². The lowest BCUT2D eigenvalue weighted by Crippen LogP contribution is -2.36. The fraction of sp³-hybridized carbons (Fsp3) is 0.400. The molecular formula is C15H16N2O2S. The lowest BCUT2D eigenvalue weighted by Gasteiger charge is -2.24. The number of anilines is 1. The predicted molar refractivity (Wildman–Crippen MR) is 77.7 cm³/mol. The molecule has 0 unspecified atom stereocenters. The van der Waals surface area contributed by atoms with Gasteiger partial charge in [-0.15, -0.1) is 0 Å². The van der Waals surface area contributed by atoms with E-state index in [1.54, 1.807) is 23.9 Å². The predicted octanol–water partition coefficient (Wildman–Crippen LogP) is 2.72. The molecule has 5 heteroatoms. The topological polar surface area (TPSA) is 36.7 Å².